The minimum atomic E-state index is -0.892. The van der Waals surface area contributed by atoms with Crippen LogP contribution in [0.4, 0.5) is 0 Å². The van der Waals surface area contributed by atoms with Gasteiger partial charge in [0.15, 0.2) is 0 Å². The molecule has 0 aliphatic heterocycles. The number of hydrogen-bond donors (Lipinski definition) is 2. The molecule has 0 heterocycles. The van der Waals surface area contributed by atoms with Crippen LogP contribution in [0.5, 0.6) is 5.75 Å². The molecule has 1 aromatic carbocycles. The molecule has 2 unspecified atom stereocenters. The molecule has 1 fully saturated rings. The molecule has 2 rings (SSSR count). The average Bonchev–Trinajstić information content (AvgIpc) is 2.52. The first-order valence-corrected chi connectivity index (χ1v) is 8.56. The zero-order valence-corrected chi connectivity index (χ0v) is 15.7. The zero-order valence-electron chi connectivity index (χ0n) is 14.1. The second-order valence-corrected chi connectivity index (χ2v) is 7.35. The third-order valence-electron chi connectivity index (χ3n) is 4.90. The largest absolute Gasteiger partial charge is 0.496 e. The summed E-state index contributed by atoms with van der Waals surface area (Å²) in [6.45, 7) is 6.98. The van der Waals surface area contributed by atoms with Crippen LogP contribution in [0.1, 0.15) is 32.8 Å². The van der Waals surface area contributed by atoms with Crippen LogP contribution in [-0.4, -0.2) is 31.3 Å². The van der Waals surface area contributed by atoms with Crippen molar-refractivity contribution in [2.75, 3.05) is 13.7 Å². The summed E-state index contributed by atoms with van der Waals surface area (Å²) in [5.41, 5.74) is 6.07. The molecule has 2 atom stereocenters. The molecular formula is C17H25BrN2O3. The Bertz CT molecular complexity index is 591. The van der Waals surface area contributed by atoms with Gasteiger partial charge in [-0.25, -0.2) is 0 Å². The van der Waals surface area contributed by atoms with Gasteiger partial charge in [-0.2, -0.15) is 0 Å². The Hall–Kier alpha value is -1.11. The summed E-state index contributed by atoms with van der Waals surface area (Å²) in [7, 11) is 1.62. The van der Waals surface area contributed by atoms with E-state index in [-0.39, 0.29) is 17.4 Å². The quantitative estimate of drug-likeness (QED) is 0.790. The molecule has 1 aliphatic carbocycles. The SMILES string of the molecule is CCOC1CC(N)(C(=O)NCc2ccc(OC)c(Br)c2)C1(C)C. The third kappa shape index (κ3) is 3.25. The number of rotatable bonds is 6. The smallest absolute Gasteiger partial charge is 0.241 e. The van der Waals surface area contributed by atoms with Gasteiger partial charge in [0.2, 0.25) is 5.91 Å². The summed E-state index contributed by atoms with van der Waals surface area (Å²) >= 11 is 3.44. The number of amides is 1. The molecule has 0 bridgehead atoms. The van der Waals surface area contributed by atoms with E-state index < -0.39 is 5.54 Å². The maximum Gasteiger partial charge on any atom is 0.241 e. The molecular weight excluding hydrogens is 360 g/mol. The summed E-state index contributed by atoms with van der Waals surface area (Å²) in [4.78, 5) is 12.6. The molecule has 128 valence electrons. The van der Waals surface area contributed by atoms with Crippen LogP contribution in [0.2, 0.25) is 0 Å². The maximum absolute atomic E-state index is 12.6. The highest BCUT2D eigenvalue weighted by Gasteiger charge is 2.62. The summed E-state index contributed by atoms with van der Waals surface area (Å²) in [6, 6.07) is 5.71. The molecule has 0 spiro atoms. The van der Waals surface area contributed by atoms with E-state index in [2.05, 4.69) is 21.2 Å². The van der Waals surface area contributed by atoms with Gasteiger partial charge in [0.25, 0.3) is 0 Å². The van der Waals surface area contributed by atoms with Gasteiger partial charge in [-0.1, -0.05) is 19.9 Å². The average molecular weight is 385 g/mol. The second kappa shape index (κ2) is 6.79. The molecule has 0 radical (unpaired) electrons. The van der Waals surface area contributed by atoms with Crippen LogP contribution in [0, 0.1) is 5.41 Å². The van der Waals surface area contributed by atoms with E-state index in [1.54, 1.807) is 7.11 Å². The fraction of sp³-hybridized carbons (Fsp3) is 0.588. The maximum atomic E-state index is 12.6. The highest BCUT2D eigenvalue weighted by molar-refractivity contribution is 9.10. The Morgan fingerprint density at radius 2 is 2.17 bits per heavy atom. The molecule has 23 heavy (non-hydrogen) atoms. The lowest BCUT2D eigenvalue weighted by Crippen LogP contribution is -2.75. The van der Waals surface area contributed by atoms with Crippen molar-refractivity contribution in [3.63, 3.8) is 0 Å². The summed E-state index contributed by atoms with van der Waals surface area (Å²) in [5, 5.41) is 2.94. The zero-order chi connectivity index (χ0) is 17.3. The van der Waals surface area contributed by atoms with Crippen molar-refractivity contribution >= 4 is 21.8 Å². The van der Waals surface area contributed by atoms with E-state index in [0.29, 0.717) is 19.6 Å². The van der Waals surface area contributed by atoms with E-state index >= 15 is 0 Å². The molecule has 1 aliphatic rings. The first-order valence-electron chi connectivity index (χ1n) is 7.77. The predicted octanol–water partition coefficient (Wildman–Crippen LogP) is 2.61. The van der Waals surface area contributed by atoms with Crippen LogP contribution in [0.3, 0.4) is 0 Å². The Labute approximate surface area is 146 Å². The predicted molar refractivity (Wildman–Crippen MR) is 93.3 cm³/mol. The van der Waals surface area contributed by atoms with Crippen molar-refractivity contribution in [3.8, 4) is 5.75 Å². The van der Waals surface area contributed by atoms with E-state index in [1.807, 2.05) is 39.0 Å². The van der Waals surface area contributed by atoms with E-state index in [9.17, 15) is 4.79 Å². The molecule has 1 amide bonds. The first-order chi connectivity index (χ1) is 10.8. The molecule has 1 aromatic rings. The third-order valence-corrected chi connectivity index (χ3v) is 5.52. The summed E-state index contributed by atoms with van der Waals surface area (Å²) in [6.07, 6.45) is 0.574. The van der Waals surface area contributed by atoms with E-state index in [1.165, 1.54) is 0 Å². The Balaban J connectivity index is 1.99. The highest BCUT2D eigenvalue weighted by Crippen LogP contribution is 2.49. The molecule has 0 aromatic heterocycles. The van der Waals surface area contributed by atoms with Crippen LogP contribution in [0.25, 0.3) is 0 Å². The molecule has 0 saturated heterocycles. The summed E-state index contributed by atoms with van der Waals surface area (Å²) in [5.74, 6) is 0.625. The van der Waals surface area contributed by atoms with E-state index in [0.717, 1.165) is 15.8 Å². The number of benzene rings is 1. The van der Waals surface area contributed by atoms with Gasteiger partial charge in [0.05, 0.1) is 17.7 Å². The normalized spacial score (nSPS) is 25.6. The van der Waals surface area contributed by atoms with Gasteiger partial charge in [-0.3, -0.25) is 4.79 Å². The fourth-order valence-corrected chi connectivity index (χ4v) is 3.57. The van der Waals surface area contributed by atoms with Crippen LogP contribution in [-0.2, 0) is 16.1 Å². The van der Waals surface area contributed by atoms with E-state index in [4.69, 9.17) is 15.2 Å². The number of hydrogen-bond acceptors (Lipinski definition) is 4. The molecule has 3 N–H and O–H groups in total. The standard InChI is InChI=1S/C17H25BrN2O3/c1-5-23-14-9-17(19,16(14,2)3)15(21)20-10-11-6-7-13(22-4)12(18)8-11/h6-8,14H,5,9-10,19H2,1-4H3,(H,20,21). The lowest BCUT2D eigenvalue weighted by Gasteiger charge is -2.57. The monoisotopic (exact) mass is 384 g/mol. The fourth-order valence-electron chi connectivity index (χ4n) is 2.98. The number of carbonyl (C=O) groups excluding carboxylic acids is 1. The van der Waals surface area contributed by atoms with Gasteiger partial charge < -0.3 is 20.5 Å². The van der Waals surface area contributed by atoms with Crippen LogP contribution >= 0.6 is 15.9 Å². The first kappa shape index (κ1) is 18.2. The van der Waals surface area contributed by atoms with Crippen molar-refractivity contribution in [1.82, 2.24) is 5.32 Å². The van der Waals surface area contributed by atoms with Gasteiger partial charge >= 0.3 is 0 Å². The van der Waals surface area contributed by atoms with Gasteiger partial charge in [0, 0.05) is 25.0 Å². The number of ether oxygens (including phenoxy) is 2. The summed E-state index contributed by atoms with van der Waals surface area (Å²) < 4.78 is 11.7. The van der Waals surface area contributed by atoms with Gasteiger partial charge in [-0.15, -0.1) is 0 Å². The molecule has 1 saturated carbocycles. The van der Waals surface area contributed by atoms with Crippen molar-refractivity contribution < 1.29 is 14.3 Å². The number of nitrogens with two attached hydrogens (primary N) is 1. The number of halogens is 1. The van der Waals surface area contributed by atoms with Crippen molar-refractivity contribution in [2.24, 2.45) is 11.1 Å². The lowest BCUT2D eigenvalue weighted by atomic mass is 9.54. The Morgan fingerprint density at radius 3 is 2.70 bits per heavy atom. The highest BCUT2D eigenvalue weighted by atomic mass is 79.9. The number of methoxy groups -OCH3 is 1. The van der Waals surface area contributed by atoms with Crippen LogP contribution < -0.4 is 15.8 Å². The Morgan fingerprint density at radius 1 is 1.48 bits per heavy atom. The van der Waals surface area contributed by atoms with Gasteiger partial charge in [-0.05, 0) is 40.5 Å². The number of nitrogens with one attached hydrogen (secondary N) is 1. The molecule has 5 nitrogen and oxygen atoms in total. The number of carbonyl (C=O) groups is 1. The van der Waals surface area contributed by atoms with Crippen molar-refractivity contribution in [2.45, 2.75) is 45.4 Å². The van der Waals surface area contributed by atoms with Crippen LogP contribution in [0.15, 0.2) is 22.7 Å². The topological polar surface area (TPSA) is 73.6 Å². The minimum absolute atomic E-state index is 0.0263. The molecule has 6 heteroatoms. The lowest BCUT2D eigenvalue weighted by molar-refractivity contribution is -0.170. The van der Waals surface area contributed by atoms with Crippen molar-refractivity contribution in [3.05, 3.63) is 28.2 Å². The Kier molecular flexibility index (Phi) is 5.38. The minimum Gasteiger partial charge on any atom is -0.496 e. The second-order valence-electron chi connectivity index (χ2n) is 6.49. The van der Waals surface area contributed by atoms with Crippen molar-refractivity contribution in [1.29, 1.82) is 0 Å². The van der Waals surface area contributed by atoms with Gasteiger partial charge in [0.1, 0.15) is 11.3 Å².